The van der Waals surface area contributed by atoms with Crippen molar-refractivity contribution >= 4 is 29.5 Å². The number of carboxylic acid groups (broad SMARTS) is 1. The Morgan fingerprint density at radius 2 is 2.15 bits per heavy atom. The quantitative estimate of drug-likeness (QED) is 0.812. The number of likely N-dealkylation sites (tertiary alicyclic amines) is 1. The van der Waals surface area contributed by atoms with Gasteiger partial charge in [-0.1, -0.05) is 18.2 Å². The molecule has 2 aliphatic heterocycles. The first kappa shape index (κ1) is 19.7. The minimum atomic E-state index is -0.951. The number of nitrogens with zero attached hydrogens (tertiary/aromatic N) is 1. The average Bonchev–Trinajstić information content (AvgIpc) is 2.64. The van der Waals surface area contributed by atoms with E-state index < -0.39 is 22.7 Å². The van der Waals surface area contributed by atoms with Gasteiger partial charge in [0.15, 0.2) is 0 Å². The van der Waals surface area contributed by atoms with Gasteiger partial charge in [-0.05, 0) is 37.8 Å². The zero-order valence-electron chi connectivity index (χ0n) is 15.1. The second kappa shape index (κ2) is 7.88. The van der Waals surface area contributed by atoms with E-state index in [0.29, 0.717) is 30.7 Å². The molecule has 0 saturated carbocycles. The van der Waals surface area contributed by atoms with Crippen molar-refractivity contribution in [2.45, 2.75) is 37.5 Å². The van der Waals surface area contributed by atoms with Crippen LogP contribution in [0.1, 0.15) is 25.3 Å². The number of halogens is 1. The number of hydrogen-bond donors (Lipinski definition) is 2. The third-order valence-electron chi connectivity index (χ3n) is 5.26. The van der Waals surface area contributed by atoms with Crippen LogP contribution in [0.4, 0.5) is 4.39 Å². The number of carbonyl (C=O) groups excluding carboxylic acids is 2. The predicted octanol–water partition coefficient (Wildman–Crippen LogP) is 1.68. The number of benzene rings is 1. The highest BCUT2D eigenvalue weighted by atomic mass is 32.2. The van der Waals surface area contributed by atoms with Crippen LogP contribution in [0.5, 0.6) is 0 Å². The Morgan fingerprint density at radius 1 is 1.41 bits per heavy atom. The summed E-state index contributed by atoms with van der Waals surface area (Å²) in [5.74, 6) is -1.39. The van der Waals surface area contributed by atoms with Crippen LogP contribution in [0.15, 0.2) is 24.3 Å². The number of thioether (sulfide) groups is 1. The summed E-state index contributed by atoms with van der Waals surface area (Å²) in [6, 6.07) is 5.68. The van der Waals surface area contributed by atoms with E-state index in [2.05, 4.69) is 5.32 Å². The number of amides is 2. The van der Waals surface area contributed by atoms with Crippen molar-refractivity contribution < 1.29 is 23.9 Å². The first-order valence-electron chi connectivity index (χ1n) is 8.98. The van der Waals surface area contributed by atoms with Crippen LogP contribution in [0.2, 0.25) is 0 Å². The average molecular weight is 394 g/mol. The fourth-order valence-corrected chi connectivity index (χ4v) is 4.73. The van der Waals surface area contributed by atoms with E-state index in [9.17, 15) is 23.9 Å². The Bertz CT molecular complexity index is 759. The molecule has 0 radical (unpaired) electrons. The Kier molecular flexibility index (Phi) is 5.74. The van der Waals surface area contributed by atoms with Gasteiger partial charge in [-0.2, -0.15) is 0 Å². The highest BCUT2D eigenvalue weighted by Crippen LogP contribution is 2.31. The van der Waals surface area contributed by atoms with E-state index in [4.69, 9.17) is 0 Å². The van der Waals surface area contributed by atoms with Gasteiger partial charge in [0.25, 0.3) is 0 Å². The number of hydrogen-bond acceptors (Lipinski definition) is 4. The molecule has 0 aliphatic carbocycles. The molecule has 27 heavy (non-hydrogen) atoms. The number of aliphatic carboxylic acids is 1. The topological polar surface area (TPSA) is 86.7 Å². The standard InChI is InChI=1S/C19H23FN2O4S/c1-19(18(25)26)7-4-8-22(11-19)17(24)14-10-27-15(16(23)21-14)9-12-5-2-3-6-13(12)20/h2-3,5-6,14-15H,4,7-11H2,1H3,(H,21,23)(H,25,26). The molecule has 2 saturated heterocycles. The van der Waals surface area contributed by atoms with Crippen LogP contribution < -0.4 is 5.32 Å². The first-order chi connectivity index (χ1) is 12.8. The van der Waals surface area contributed by atoms with Gasteiger partial charge in [-0.15, -0.1) is 11.8 Å². The normalized spacial score (nSPS) is 28.5. The highest BCUT2D eigenvalue weighted by Gasteiger charge is 2.42. The van der Waals surface area contributed by atoms with Crippen molar-refractivity contribution in [2.75, 3.05) is 18.8 Å². The monoisotopic (exact) mass is 394 g/mol. The number of nitrogens with one attached hydrogen (secondary N) is 1. The SMILES string of the molecule is CC1(C(=O)O)CCCN(C(=O)C2CSC(Cc3ccccc3F)C(=O)N2)C1. The van der Waals surface area contributed by atoms with E-state index in [1.807, 2.05) is 0 Å². The second-order valence-corrected chi connectivity index (χ2v) is 8.64. The smallest absolute Gasteiger partial charge is 0.311 e. The molecule has 2 N–H and O–H groups in total. The molecule has 2 amide bonds. The van der Waals surface area contributed by atoms with Crippen LogP contribution in [0.25, 0.3) is 0 Å². The lowest BCUT2D eigenvalue weighted by atomic mass is 9.82. The minimum Gasteiger partial charge on any atom is -0.481 e. The highest BCUT2D eigenvalue weighted by molar-refractivity contribution is 8.00. The molecule has 146 valence electrons. The van der Waals surface area contributed by atoms with Gasteiger partial charge in [0.05, 0.1) is 10.7 Å². The summed E-state index contributed by atoms with van der Waals surface area (Å²) in [5.41, 5.74) is -0.476. The predicted molar refractivity (Wildman–Crippen MR) is 99.8 cm³/mol. The molecule has 3 unspecified atom stereocenters. The maximum atomic E-state index is 13.8. The van der Waals surface area contributed by atoms with E-state index in [1.165, 1.54) is 17.8 Å². The van der Waals surface area contributed by atoms with E-state index in [1.54, 1.807) is 30.0 Å². The number of carbonyl (C=O) groups is 3. The van der Waals surface area contributed by atoms with Gasteiger partial charge in [0, 0.05) is 18.8 Å². The first-order valence-corrected chi connectivity index (χ1v) is 10.0. The third-order valence-corrected chi connectivity index (χ3v) is 6.57. The third kappa shape index (κ3) is 4.26. The summed E-state index contributed by atoms with van der Waals surface area (Å²) in [4.78, 5) is 38.2. The molecule has 1 aromatic rings. The molecular formula is C19H23FN2O4S. The van der Waals surface area contributed by atoms with E-state index in [0.717, 1.165) is 0 Å². The van der Waals surface area contributed by atoms with Crippen LogP contribution >= 0.6 is 11.8 Å². The van der Waals surface area contributed by atoms with E-state index in [-0.39, 0.29) is 30.6 Å². The molecule has 1 aromatic carbocycles. The van der Waals surface area contributed by atoms with Crippen LogP contribution in [0, 0.1) is 11.2 Å². The lowest BCUT2D eigenvalue weighted by Gasteiger charge is -2.40. The zero-order chi connectivity index (χ0) is 19.6. The van der Waals surface area contributed by atoms with Crippen molar-refractivity contribution in [2.24, 2.45) is 5.41 Å². The van der Waals surface area contributed by atoms with Gasteiger partial charge >= 0.3 is 5.97 Å². The molecule has 3 rings (SSSR count). The van der Waals surface area contributed by atoms with Crippen LogP contribution in [0.3, 0.4) is 0 Å². The van der Waals surface area contributed by atoms with Crippen molar-refractivity contribution in [1.82, 2.24) is 10.2 Å². The Hall–Kier alpha value is -2.09. The summed E-state index contributed by atoms with van der Waals surface area (Å²) in [7, 11) is 0. The van der Waals surface area contributed by atoms with Gasteiger partial charge < -0.3 is 15.3 Å². The second-order valence-electron chi connectivity index (χ2n) is 7.41. The van der Waals surface area contributed by atoms with Crippen LogP contribution in [-0.4, -0.2) is 57.9 Å². The zero-order valence-corrected chi connectivity index (χ0v) is 15.9. The van der Waals surface area contributed by atoms with Gasteiger partial charge in [-0.3, -0.25) is 14.4 Å². The summed E-state index contributed by atoms with van der Waals surface area (Å²) in [6.45, 7) is 2.29. The maximum Gasteiger partial charge on any atom is 0.311 e. The van der Waals surface area contributed by atoms with Crippen molar-refractivity contribution in [3.05, 3.63) is 35.6 Å². The van der Waals surface area contributed by atoms with Crippen molar-refractivity contribution in [3.8, 4) is 0 Å². The Balaban J connectivity index is 1.60. The molecule has 2 heterocycles. The molecule has 0 bridgehead atoms. The molecule has 3 atom stereocenters. The lowest BCUT2D eigenvalue weighted by Crippen LogP contribution is -2.58. The summed E-state index contributed by atoms with van der Waals surface area (Å²) >= 11 is 1.34. The summed E-state index contributed by atoms with van der Waals surface area (Å²) in [6.07, 6.45) is 1.42. The molecule has 2 fully saturated rings. The van der Waals surface area contributed by atoms with Crippen LogP contribution in [-0.2, 0) is 20.8 Å². The van der Waals surface area contributed by atoms with Crippen molar-refractivity contribution in [1.29, 1.82) is 0 Å². The molecular weight excluding hydrogens is 371 g/mol. The lowest BCUT2D eigenvalue weighted by molar-refractivity contribution is -0.154. The summed E-state index contributed by atoms with van der Waals surface area (Å²) < 4.78 is 13.8. The van der Waals surface area contributed by atoms with Crippen molar-refractivity contribution in [3.63, 3.8) is 0 Å². The fraction of sp³-hybridized carbons (Fsp3) is 0.526. The number of carboxylic acids is 1. The van der Waals surface area contributed by atoms with Gasteiger partial charge in [-0.25, -0.2) is 4.39 Å². The largest absolute Gasteiger partial charge is 0.481 e. The Morgan fingerprint density at radius 3 is 2.81 bits per heavy atom. The molecule has 0 aromatic heterocycles. The number of rotatable bonds is 4. The molecule has 0 spiro atoms. The minimum absolute atomic E-state index is 0.150. The molecule has 8 heteroatoms. The maximum absolute atomic E-state index is 13.8. The Labute approximate surface area is 161 Å². The van der Waals surface area contributed by atoms with Gasteiger partial charge in [0.2, 0.25) is 11.8 Å². The fourth-order valence-electron chi connectivity index (χ4n) is 3.57. The number of piperidine rings is 1. The van der Waals surface area contributed by atoms with Gasteiger partial charge in [0.1, 0.15) is 11.9 Å². The summed E-state index contributed by atoms with van der Waals surface area (Å²) in [5, 5.41) is 11.7. The molecule has 6 nitrogen and oxygen atoms in total. The molecule has 2 aliphatic rings. The van der Waals surface area contributed by atoms with E-state index >= 15 is 0 Å².